The number of nitrogen functional groups attached to an aromatic ring is 1. The molecule has 90 valence electrons. The van der Waals surface area contributed by atoms with Gasteiger partial charge in [-0.25, -0.2) is 4.39 Å². The zero-order chi connectivity index (χ0) is 12.1. The Morgan fingerprint density at radius 2 is 1.88 bits per heavy atom. The molecular weight excluding hydrogens is 233 g/mol. The van der Waals surface area contributed by atoms with Crippen LogP contribution in [0.2, 0.25) is 5.02 Å². The van der Waals surface area contributed by atoms with Gasteiger partial charge in [0.25, 0.3) is 0 Å². The second-order valence-electron chi connectivity index (χ2n) is 3.14. The maximum Gasteiger partial charge on any atom is 0.185 e. The first-order chi connectivity index (χ1) is 7.60. The predicted octanol–water partition coefficient (Wildman–Crippen LogP) is 3.13. The van der Waals surface area contributed by atoms with Gasteiger partial charge in [0.2, 0.25) is 0 Å². The number of nitrogens with two attached hydrogens (primary N) is 1. The van der Waals surface area contributed by atoms with Crippen LogP contribution in [0.5, 0.6) is 0 Å². The number of rotatable bonds is 5. The van der Waals surface area contributed by atoms with E-state index in [0.29, 0.717) is 24.5 Å². The van der Waals surface area contributed by atoms with Crippen molar-refractivity contribution in [3.8, 4) is 0 Å². The van der Waals surface area contributed by atoms with Gasteiger partial charge in [0, 0.05) is 24.5 Å². The minimum absolute atomic E-state index is 0.00648. The fourth-order valence-corrected chi connectivity index (χ4v) is 1.48. The topological polar surface area (TPSA) is 44.5 Å². The zero-order valence-electron chi connectivity index (χ0n) is 9.30. The third-order valence-electron chi connectivity index (χ3n) is 2.02. The Bertz CT molecular complexity index is 354. The van der Waals surface area contributed by atoms with Crippen LogP contribution in [-0.4, -0.2) is 13.2 Å². The number of anilines is 1. The van der Waals surface area contributed by atoms with E-state index in [0.717, 1.165) is 0 Å². The zero-order valence-corrected chi connectivity index (χ0v) is 10.1. The summed E-state index contributed by atoms with van der Waals surface area (Å²) in [5.74, 6) is -0.532. The van der Waals surface area contributed by atoms with Crippen molar-refractivity contribution in [2.75, 3.05) is 18.9 Å². The molecule has 0 aliphatic heterocycles. The summed E-state index contributed by atoms with van der Waals surface area (Å²) in [6.07, 6.45) is -0.651. The van der Waals surface area contributed by atoms with Gasteiger partial charge in [0.15, 0.2) is 6.29 Å². The van der Waals surface area contributed by atoms with E-state index in [1.54, 1.807) is 0 Å². The van der Waals surface area contributed by atoms with Crippen LogP contribution in [0.1, 0.15) is 25.7 Å². The Hall–Kier alpha value is -0.840. The molecule has 1 rings (SSSR count). The second-order valence-corrected chi connectivity index (χ2v) is 3.55. The van der Waals surface area contributed by atoms with E-state index >= 15 is 0 Å². The number of hydrogen-bond donors (Lipinski definition) is 1. The molecule has 16 heavy (non-hydrogen) atoms. The molecular formula is C11H15ClFNO2. The van der Waals surface area contributed by atoms with Crippen molar-refractivity contribution in [1.29, 1.82) is 0 Å². The molecule has 0 saturated carbocycles. The lowest BCUT2D eigenvalue weighted by atomic mass is 10.1. The SMILES string of the molecule is CCOC(OCC)c1cc(F)c(Cl)cc1N. The van der Waals surface area contributed by atoms with Gasteiger partial charge in [-0.2, -0.15) is 0 Å². The van der Waals surface area contributed by atoms with Crippen molar-refractivity contribution in [2.24, 2.45) is 0 Å². The van der Waals surface area contributed by atoms with E-state index in [2.05, 4.69) is 0 Å². The third kappa shape index (κ3) is 3.07. The molecule has 0 amide bonds. The van der Waals surface area contributed by atoms with Gasteiger partial charge in [-0.05, 0) is 26.0 Å². The summed E-state index contributed by atoms with van der Waals surface area (Å²) < 4.78 is 24.0. The molecule has 0 aliphatic carbocycles. The molecule has 1 aromatic carbocycles. The van der Waals surface area contributed by atoms with Crippen LogP contribution in [0, 0.1) is 5.82 Å². The fraction of sp³-hybridized carbons (Fsp3) is 0.455. The molecule has 0 heterocycles. The minimum atomic E-state index is -0.651. The van der Waals surface area contributed by atoms with Gasteiger partial charge in [-0.1, -0.05) is 11.6 Å². The largest absolute Gasteiger partial charge is 0.398 e. The Kier molecular flexibility index (Phi) is 4.99. The summed E-state index contributed by atoms with van der Waals surface area (Å²) in [5.41, 5.74) is 6.56. The van der Waals surface area contributed by atoms with E-state index in [4.69, 9.17) is 26.8 Å². The maximum absolute atomic E-state index is 13.3. The van der Waals surface area contributed by atoms with Crippen molar-refractivity contribution in [2.45, 2.75) is 20.1 Å². The number of halogens is 2. The molecule has 0 bridgehead atoms. The molecule has 5 heteroatoms. The standard InChI is InChI=1S/C11H15ClFNO2/c1-3-15-11(16-4-2)7-5-9(13)8(12)6-10(7)14/h5-6,11H,3-4,14H2,1-2H3. The molecule has 0 radical (unpaired) electrons. The van der Waals surface area contributed by atoms with E-state index < -0.39 is 12.1 Å². The van der Waals surface area contributed by atoms with Crippen molar-refractivity contribution >= 4 is 17.3 Å². The van der Waals surface area contributed by atoms with Gasteiger partial charge in [0.1, 0.15) is 5.82 Å². The lowest BCUT2D eigenvalue weighted by Crippen LogP contribution is -2.11. The van der Waals surface area contributed by atoms with Crippen LogP contribution in [0.3, 0.4) is 0 Å². The van der Waals surface area contributed by atoms with Gasteiger partial charge in [-0.3, -0.25) is 0 Å². The Balaban J connectivity index is 3.03. The van der Waals surface area contributed by atoms with Gasteiger partial charge < -0.3 is 15.2 Å². The highest BCUT2D eigenvalue weighted by atomic mass is 35.5. The van der Waals surface area contributed by atoms with Crippen LogP contribution in [0.4, 0.5) is 10.1 Å². The normalized spacial score (nSPS) is 11.1. The summed E-state index contributed by atoms with van der Waals surface area (Å²) in [6.45, 7) is 4.56. The van der Waals surface area contributed by atoms with Crippen LogP contribution in [-0.2, 0) is 9.47 Å². The molecule has 3 nitrogen and oxygen atoms in total. The number of benzene rings is 1. The molecule has 0 saturated heterocycles. The van der Waals surface area contributed by atoms with Gasteiger partial charge in [0.05, 0.1) is 5.02 Å². The van der Waals surface area contributed by atoms with E-state index in [1.807, 2.05) is 13.8 Å². The highest BCUT2D eigenvalue weighted by Crippen LogP contribution is 2.29. The molecule has 2 N–H and O–H groups in total. The quantitative estimate of drug-likeness (QED) is 0.642. The average Bonchev–Trinajstić information content (AvgIpc) is 2.23. The fourth-order valence-electron chi connectivity index (χ4n) is 1.31. The predicted molar refractivity (Wildman–Crippen MR) is 61.8 cm³/mol. The smallest absolute Gasteiger partial charge is 0.185 e. The number of ether oxygens (including phenoxy) is 2. The van der Waals surface area contributed by atoms with E-state index in [-0.39, 0.29) is 5.02 Å². The third-order valence-corrected chi connectivity index (χ3v) is 2.31. The molecule has 1 aromatic rings. The average molecular weight is 248 g/mol. The summed E-state index contributed by atoms with van der Waals surface area (Å²) in [4.78, 5) is 0. The van der Waals surface area contributed by atoms with Crippen LogP contribution >= 0.6 is 11.6 Å². The molecule has 0 spiro atoms. The first-order valence-electron chi connectivity index (χ1n) is 5.07. The Labute approximate surface area is 99.3 Å². The summed E-state index contributed by atoms with van der Waals surface area (Å²) in [5, 5.41) is -0.00648. The lowest BCUT2D eigenvalue weighted by molar-refractivity contribution is -0.139. The van der Waals surface area contributed by atoms with Crippen LogP contribution in [0.25, 0.3) is 0 Å². The van der Waals surface area contributed by atoms with Gasteiger partial charge >= 0.3 is 0 Å². The maximum atomic E-state index is 13.3. The number of hydrogen-bond acceptors (Lipinski definition) is 3. The van der Waals surface area contributed by atoms with Crippen LogP contribution < -0.4 is 5.73 Å². The Morgan fingerprint density at radius 1 is 1.31 bits per heavy atom. The molecule has 0 unspecified atom stereocenters. The van der Waals surface area contributed by atoms with E-state index in [9.17, 15) is 4.39 Å². The summed E-state index contributed by atoms with van der Waals surface area (Å²) in [6, 6.07) is 2.60. The van der Waals surface area contributed by atoms with Crippen LogP contribution in [0.15, 0.2) is 12.1 Å². The highest BCUT2D eigenvalue weighted by molar-refractivity contribution is 6.31. The van der Waals surface area contributed by atoms with Crippen molar-refractivity contribution in [3.63, 3.8) is 0 Å². The van der Waals surface area contributed by atoms with Crippen molar-refractivity contribution in [1.82, 2.24) is 0 Å². The molecule has 0 aliphatic rings. The van der Waals surface area contributed by atoms with Crippen molar-refractivity contribution < 1.29 is 13.9 Å². The molecule has 0 aromatic heterocycles. The van der Waals surface area contributed by atoms with Crippen molar-refractivity contribution in [3.05, 3.63) is 28.5 Å². The first kappa shape index (κ1) is 13.2. The summed E-state index contributed by atoms with van der Waals surface area (Å²) in [7, 11) is 0. The first-order valence-corrected chi connectivity index (χ1v) is 5.45. The minimum Gasteiger partial charge on any atom is -0.398 e. The summed E-state index contributed by atoms with van der Waals surface area (Å²) >= 11 is 5.61. The monoisotopic (exact) mass is 247 g/mol. The molecule has 0 fully saturated rings. The second kappa shape index (κ2) is 6.03. The lowest BCUT2D eigenvalue weighted by Gasteiger charge is -2.19. The van der Waals surface area contributed by atoms with E-state index in [1.165, 1.54) is 12.1 Å². The highest BCUT2D eigenvalue weighted by Gasteiger charge is 2.17. The molecule has 0 atom stereocenters. The van der Waals surface area contributed by atoms with Gasteiger partial charge in [-0.15, -0.1) is 0 Å². The Morgan fingerprint density at radius 3 is 2.38 bits per heavy atom.